The molecule has 10 nitrogen and oxygen atoms in total. The van der Waals surface area contributed by atoms with Crippen molar-refractivity contribution in [2.45, 2.75) is 63.9 Å². The summed E-state index contributed by atoms with van der Waals surface area (Å²) in [4.78, 5) is 46.6. The van der Waals surface area contributed by atoms with Crippen LogP contribution < -0.4 is 5.32 Å². The van der Waals surface area contributed by atoms with Crippen LogP contribution in [-0.4, -0.2) is 48.5 Å². The van der Waals surface area contributed by atoms with Gasteiger partial charge >= 0.3 is 6.16 Å². The van der Waals surface area contributed by atoms with Gasteiger partial charge in [0, 0.05) is 12.1 Å². The van der Waals surface area contributed by atoms with E-state index in [0.717, 1.165) is 11.8 Å². The first-order valence-corrected chi connectivity index (χ1v) is 14.2. The van der Waals surface area contributed by atoms with Crippen LogP contribution in [0.1, 0.15) is 33.3 Å². The van der Waals surface area contributed by atoms with Crippen molar-refractivity contribution in [3.05, 3.63) is 39.9 Å². The lowest BCUT2D eigenvalue weighted by Gasteiger charge is -2.39. The second-order valence-corrected chi connectivity index (χ2v) is 15.3. The van der Waals surface area contributed by atoms with Crippen LogP contribution in [0.25, 0.3) is 0 Å². The molecule has 182 valence electrons. The van der Waals surface area contributed by atoms with Gasteiger partial charge in [-0.25, -0.2) is 4.79 Å². The molecule has 1 saturated heterocycles. The van der Waals surface area contributed by atoms with Gasteiger partial charge < -0.3 is 19.2 Å². The number of thioether (sulfide) groups is 1. The molecule has 0 aliphatic carbocycles. The first kappa shape index (κ1) is 26.8. The Hall–Kier alpha value is -2.44. The molecule has 2 rings (SSSR count). The Morgan fingerprint density at radius 2 is 1.85 bits per heavy atom. The molecule has 1 aliphatic rings. The van der Waals surface area contributed by atoms with Crippen molar-refractivity contribution < 1.29 is 33.2 Å². The zero-order valence-corrected chi connectivity index (χ0v) is 21.4. The third-order valence-electron chi connectivity index (χ3n) is 5.82. The molecule has 1 N–H and O–H groups in total. The maximum absolute atomic E-state index is 12.4. The second-order valence-electron chi connectivity index (χ2n) is 9.28. The highest BCUT2D eigenvalue weighted by Crippen LogP contribution is 2.37. The molecule has 0 unspecified atom stereocenters. The molecular formula is C21H30N2O8SSi. The summed E-state index contributed by atoms with van der Waals surface area (Å²) in [5, 5.41) is 12.6. The molecule has 0 spiro atoms. The molecule has 1 aromatic rings. The van der Waals surface area contributed by atoms with Gasteiger partial charge in [0.05, 0.1) is 10.3 Å². The van der Waals surface area contributed by atoms with Crippen LogP contribution in [0.4, 0.5) is 10.5 Å². The normalized spacial score (nSPS) is 19.2. The van der Waals surface area contributed by atoms with Crippen LogP contribution >= 0.6 is 11.8 Å². The smallest absolute Gasteiger partial charge is 0.430 e. The lowest BCUT2D eigenvalue weighted by atomic mass is 9.96. The molecule has 0 saturated carbocycles. The van der Waals surface area contributed by atoms with Crippen molar-refractivity contribution in [1.29, 1.82) is 0 Å². The summed E-state index contributed by atoms with van der Waals surface area (Å²) in [6.45, 7) is 11.7. The van der Waals surface area contributed by atoms with E-state index in [9.17, 15) is 24.5 Å². The molecule has 1 aliphatic heterocycles. The molecule has 12 heteroatoms. The van der Waals surface area contributed by atoms with Gasteiger partial charge in [-0.3, -0.25) is 19.7 Å². The molecule has 33 heavy (non-hydrogen) atoms. The zero-order valence-electron chi connectivity index (χ0n) is 19.6. The number of nitro benzene ring substituents is 1. The highest BCUT2D eigenvalue weighted by atomic mass is 32.2. The van der Waals surface area contributed by atoms with E-state index in [0.29, 0.717) is 5.56 Å². The molecule has 0 aromatic heterocycles. The number of carbonyl (C=O) groups excluding carboxylic acids is 3. The lowest BCUT2D eigenvalue weighted by molar-refractivity contribution is -0.384. The third kappa shape index (κ3) is 7.27. The summed E-state index contributed by atoms with van der Waals surface area (Å²) in [5.41, 5.74) is 0.478. The zero-order chi connectivity index (χ0) is 25.0. The number of rotatable bonds is 9. The molecule has 1 fully saturated rings. The molecule has 1 heterocycles. The quantitative estimate of drug-likeness (QED) is 0.176. The number of hydrogen-bond donors (Lipinski definition) is 1. The molecule has 1 amide bonds. The fraction of sp³-hybridized carbons (Fsp3) is 0.571. The van der Waals surface area contributed by atoms with Crippen molar-refractivity contribution in [1.82, 2.24) is 5.32 Å². The highest BCUT2D eigenvalue weighted by molar-refractivity contribution is 8.14. The topological polar surface area (TPSA) is 134 Å². The van der Waals surface area contributed by atoms with E-state index in [2.05, 4.69) is 39.2 Å². The summed E-state index contributed by atoms with van der Waals surface area (Å²) in [6, 6.07) is 5.55. The van der Waals surface area contributed by atoms with Gasteiger partial charge in [0.1, 0.15) is 25.2 Å². The molecule has 0 radical (unpaired) electrons. The minimum absolute atomic E-state index is 0.0254. The first-order chi connectivity index (χ1) is 15.2. The van der Waals surface area contributed by atoms with Crippen LogP contribution in [0.5, 0.6) is 0 Å². The summed E-state index contributed by atoms with van der Waals surface area (Å²) in [7, 11) is -2.07. The Morgan fingerprint density at radius 3 is 2.36 bits per heavy atom. The van der Waals surface area contributed by atoms with Gasteiger partial charge in [-0.15, -0.1) is 0 Å². The summed E-state index contributed by atoms with van der Waals surface area (Å²) in [6.07, 6.45) is -1.79. The molecule has 0 bridgehead atoms. The van der Waals surface area contributed by atoms with Crippen LogP contribution in [0.3, 0.4) is 0 Å². The van der Waals surface area contributed by atoms with Crippen molar-refractivity contribution >= 4 is 42.9 Å². The third-order valence-corrected chi connectivity index (χ3v) is 11.3. The minimum Gasteiger partial charge on any atom is -0.430 e. The number of benzene rings is 1. The van der Waals surface area contributed by atoms with Gasteiger partial charge in [-0.2, -0.15) is 0 Å². The van der Waals surface area contributed by atoms with Crippen LogP contribution in [-0.2, 0) is 30.1 Å². The number of hydrogen-bond acceptors (Lipinski definition) is 9. The second kappa shape index (κ2) is 10.7. The van der Waals surface area contributed by atoms with Gasteiger partial charge in [0.25, 0.3) is 5.69 Å². The van der Waals surface area contributed by atoms with E-state index < -0.39 is 36.8 Å². The monoisotopic (exact) mass is 498 g/mol. The van der Waals surface area contributed by atoms with E-state index in [1.54, 1.807) is 6.92 Å². The summed E-state index contributed by atoms with van der Waals surface area (Å²) < 4.78 is 16.1. The number of nitrogens with zero attached hydrogens (tertiary/aromatic N) is 1. The number of ether oxygens (including phenoxy) is 2. The van der Waals surface area contributed by atoms with E-state index in [4.69, 9.17) is 13.9 Å². The van der Waals surface area contributed by atoms with Crippen LogP contribution in [0, 0.1) is 16.0 Å². The summed E-state index contributed by atoms with van der Waals surface area (Å²) in [5.74, 6) is -1.01. The highest BCUT2D eigenvalue weighted by Gasteiger charge is 2.46. The van der Waals surface area contributed by atoms with Crippen molar-refractivity contribution in [2.24, 2.45) is 5.92 Å². The average Bonchev–Trinajstić information content (AvgIpc) is 2.69. The molecule has 3 atom stereocenters. The van der Waals surface area contributed by atoms with E-state index >= 15 is 0 Å². The lowest BCUT2D eigenvalue weighted by Crippen LogP contribution is -2.61. The van der Waals surface area contributed by atoms with Crippen molar-refractivity contribution in [3.63, 3.8) is 0 Å². The fourth-order valence-electron chi connectivity index (χ4n) is 2.68. The standard InChI is InChI=1S/C21H30N2O8SSi/c1-13(31-20(26)29-11-14-7-9-15(10-8-14)23(27)28)17-18(25)22-19(17)32-16(24)12-30-33(5,6)21(2,3)4/h7-10,13,17,19H,11-12H2,1-6H3,(H,22,25)/t13-,17+,19-/m1/s1. The minimum atomic E-state index is -2.07. The number of nitro groups is 1. The predicted molar refractivity (Wildman–Crippen MR) is 125 cm³/mol. The Bertz CT molecular complexity index is 901. The van der Waals surface area contributed by atoms with Gasteiger partial charge in [0.2, 0.25) is 11.0 Å². The maximum atomic E-state index is 12.4. The van der Waals surface area contributed by atoms with Crippen LogP contribution in [0.2, 0.25) is 18.1 Å². The number of amides is 1. The van der Waals surface area contributed by atoms with Crippen molar-refractivity contribution in [3.8, 4) is 0 Å². The van der Waals surface area contributed by atoms with E-state index in [1.807, 2.05) is 0 Å². The molecule has 1 aromatic carbocycles. The Labute approximate surface area is 198 Å². The first-order valence-electron chi connectivity index (χ1n) is 10.4. The number of non-ortho nitro benzene ring substituents is 1. The van der Waals surface area contributed by atoms with Crippen molar-refractivity contribution in [2.75, 3.05) is 6.61 Å². The maximum Gasteiger partial charge on any atom is 0.508 e. The predicted octanol–water partition coefficient (Wildman–Crippen LogP) is 3.99. The largest absolute Gasteiger partial charge is 0.508 e. The Balaban J connectivity index is 1.81. The van der Waals surface area contributed by atoms with Gasteiger partial charge in [-0.05, 0) is 42.8 Å². The fourth-order valence-corrected chi connectivity index (χ4v) is 4.78. The number of nitrogens with one attached hydrogen (secondary N) is 1. The SMILES string of the molecule is C[C@@H](OC(=O)OCc1ccc([N+](=O)[O-])cc1)[C@H]1C(=O)N[C@@H]1SC(=O)CO[Si](C)(C)C(C)(C)C. The molecular weight excluding hydrogens is 468 g/mol. The summed E-state index contributed by atoms with van der Waals surface area (Å²) >= 11 is 0.958. The van der Waals surface area contributed by atoms with Gasteiger partial charge in [0.15, 0.2) is 8.32 Å². The Morgan fingerprint density at radius 1 is 1.24 bits per heavy atom. The number of carbonyl (C=O) groups is 3. The average molecular weight is 499 g/mol. The van der Waals surface area contributed by atoms with E-state index in [-0.39, 0.29) is 35.0 Å². The number of β-lactam (4-membered cyclic amide) rings is 1. The Kier molecular flexibility index (Phi) is 8.66. The van der Waals surface area contributed by atoms with E-state index in [1.165, 1.54) is 24.3 Å². The van der Waals surface area contributed by atoms with Crippen LogP contribution in [0.15, 0.2) is 24.3 Å². The van der Waals surface area contributed by atoms with Gasteiger partial charge in [-0.1, -0.05) is 32.5 Å².